The second kappa shape index (κ2) is 14.0. The van der Waals surface area contributed by atoms with Crippen molar-refractivity contribution >= 4 is 29.3 Å². The van der Waals surface area contributed by atoms with Gasteiger partial charge in [-0.15, -0.1) is 11.8 Å². The number of hydrogen-bond acceptors (Lipinski definition) is 7. The third-order valence-electron chi connectivity index (χ3n) is 6.10. The summed E-state index contributed by atoms with van der Waals surface area (Å²) in [6.45, 7) is 4.85. The van der Waals surface area contributed by atoms with Gasteiger partial charge in [0.15, 0.2) is 5.78 Å². The number of carbonyl (C=O) groups excluding carboxylic acids is 1. The second-order valence-electron chi connectivity index (χ2n) is 8.90. The summed E-state index contributed by atoms with van der Waals surface area (Å²) in [5.74, 6) is -0.604. The topological polar surface area (TPSA) is 81.9 Å². The molecule has 0 saturated carbocycles. The quantitative estimate of drug-likeness (QED) is 0.0876. The van der Waals surface area contributed by atoms with E-state index in [9.17, 15) is 23.7 Å². The van der Waals surface area contributed by atoms with Gasteiger partial charge in [0.1, 0.15) is 11.6 Å². The Labute approximate surface area is 229 Å². The highest BCUT2D eigenvalue weighted by atomic mass is 32.2. The minimum absolute atomic E-state index is 0.298. The van der Waals surface area contributed by atoms with E-state index < -0.39 is 16.4 Å². The molecule has 0 unspecified atom stereocenters. The fourth-order valence-corrected chi connectivity index (χ4v) is 4.96. The van der Waals surface area contributed by atoms with E-state index in [1.54, 1.807) is 36.4 Å². The van der Waals surface area contributed by atoms with Crippen molar-refractivity contribution in [3.63, 3.8) is 0 Å². The molecule has 7 nitrogen and oxygen atoms in total. The van der Waals surface area contributed by atoms with E-state index in [4.69, 9.17) is 9.47 Å². The van der Waals surface area contributed by atoms with Crippen molar-refractivity contribution in [1.29, 1.82) is 0 Å². The highest BCUT2D eigenvalue weighted by Gasteiger charge is 2.17. The Morgan fingerprint density at radius 2 is 1.77 bits per heavy atom. The maximum Gasteiger partial charge on any atom is 0.305 e. The number of benzene rings is 3. The molecule has 0 radical (unpaired) electrons. The Kier molecular flexibility index (Phi) is 10.2. The number of halogens is 2. The van der Waals surface area contributed by atoms with E-state index >= 15 is 0 Å². The van der Waals surface area contributed by atoms with E-state index in [0.29, 0.717) is 34.1 Å². The summed E-state index contributed by atoms with van der Waals surface area (Å²) in [5, 5.41) is 11.2. The summed E-state index contributed by atoms with van der Waals surface area (Å²) in [6.07, 6.45) is 2.37. The molecule has 0 bridgehead atoms. The van der Waals surface area contributed by atoms with E-state index in [1.165, 1.54) is 36.0 Å². The first-order valence-corrected chi connectivity index (χ1v) is 13.5. The van der Waals surface area contributed by atoms with Crippen LogP contribution in [0.3, 0.4) is 0 Å². The van der Waals surface area contributed by atoms with Crippen molar-refractivity contribution in [2.24, 2.45) is 0 Å². The smallest absolute Gasteiger partial charge is 0.305 e. The number of carbonyl (C=O) groups is 1. The lowest BCUT2D eigenvalue weighted by molar-refractivity contribution is -0.387. The Morgan fingerprint density at radius 3 is 2.46 bits per heavy atom. The van der Waals surface area contributed by atoms with E-state index in [1.807, 2.05) is 0 Å². The molecular formula is C29H28F2N2O5S. The highest BCUT2D eigenvalue weighted by Crippen LogP contribution is 2.29. The number of ketones is 1. The lowest BCUT2D eigenvalue weighted by Crippen LogP contribution is -2.37. The van der Waals surface area contributed by atoms with Gasteiger partial charge < -0.3 is 9.47 Å². The van der Waals surface area contributed by atoms with E-state index in [-0.39, 0.29) is 11.6 Å². The van der Waals surface area contributed by atoms with Crippen LogP contribution in [-0.2, 0) is 10.5 Å². The molecule has 1 aliphatic rings. The minimum atomic E-state index is -0.954. The fourth-order valence-electron chi connectivity index (χ4n) is 3.97. The third-order valence-corrected chi connectivity index (χ3v) is 7.20. The van der Waals surface area contributed by atoms with Gasteiger partial charge in [-0.1, -0.05) is 18.2 Å². The predicted molar refractivity (Wildman–Crippen MR) is 147 cm³/mol. The Balaban J connectivity index is 1.45. The first kappa shape index (κ1) is 28.4. The summed E-state index contributed by atoms with van der Waals surface area (Å²) < 4.78 is 38.3. The molecule has 0 aromatic heterocycles. The van der Waals surface area contributed by atoms with Gasteiger partial charge >= 0.3 is 5.69 Å². The molecule has 4 rings (SSSR count). The number of ether oxygens (including phenoxy) is 2. The lowest BCUT2D eigenvalue weighted by Gasteiger charge is -2.26. The predicted octanol–water partition coefficient (Wildman–Crippen LogP) is 6.13. The number of rotatable bonds is 12. The number of nitro groups is 1. The average molecular weight is 555 g/mol. The number of Topliss-reactive ketones (excluding diaryl/α,β-unsaturated/α-hetero) is 1. The molecule has 3 aromatic carbocycles. The largest absolute Gasteiger partial charge is 0.494 e. The van der Waals surface area contributed by atoms with Crippen molar-refractivity contribution in [2.45, 2.75) is 12.2 Å². The SMILES string of the molecule is O=C(/C(=C\c1ccc(F)c([N+](=O)[O-])c1)SCc1ccc(F)cc1)c1ccc(OCCCN2CCOCC2)cc1. The summed E-state index contributed by atoms with van der Waals surface area (Å²) >= 11 is 1.21. The van der Waals surface area contributed by atoms with Crippen LogP contribution in [0.15, 0.2) is 71.6 Å². The number of morpholine rings is 1. The third kappa shape index (κ3) is 8.44. The van der Waals surface area contributed by atoms with Crippen LogP contribution < -0.4 is 4.74 Å². The molecule has 10 heteroatoms. The number of hydrogen-bond donors (Lipinski definition) is 0. The zero-order valence-electron chi connectivity index (χ0n) is 21.2. The van der Waals surface area contributed by atoms with Crippen molar-refractivity contribution in [1.82, 2.24) is 4.90 Å². The monoisotopic (exact) mass is 554 g/mol. The number of nitrogens with zero attached hydrogens (tertiary/aromatic N) is 2. The van der Waals surface area contributed by atoms with Crippen LogP contribution in [0.25, 0.3) is 6.08 Å². The van der Waals surface area contributed by atoms with Gasteiger partial charge in [0, 0.05) is 37.0 Å². The zero-order valence-corrected chi connectivity index (χ0v) is 22.0. The second-order valence-corrected chi connectivity index (χ2v) is 9.92. The van der Waals surface area contributed by atoms with Gasteiger partial charge in [0.2, 0.25) is 5.82 Å². The maximum atomic E-state index is 13.8. The number of allylic oxidation sites excluding steroid dienone is 1. The number of nitro benzene ring substituents is 1. The van der Waals surface area contributed by atoms with E-state index in [0.717, 1.165) is 57.0 Å². The summed E-state index contributed by atoms with van der Waals surface area (Å²) in [7, 11) is 0. The molecule has 39 heavy (non-hydrogen) atoms. The summed E-state index contributed by atoms with van der Waals surface area (Å²) in [5.41, 5.74) is 0.851. The first-order chi connectivity index (χ1) is 18.9. The van der Waals surface area contributed by atoms with Gasteiger partial charge in [0.25, 0.3) is 0 Å². The Hall–Kier alpha value is -3.60. The molecule has 3 aromatic rings. The van der Waals surface area contributed by atoms with Crippen LogP contribution in [0.2, 0.25) is 0 Å². The first-order valence-electron chi connectivity index (χ1n) is 12.5. The molecule has 0 spiro atoms. The van der Waals surface area contributed by atoms with Crippen LogP contribution in [0, 0.1) is 21.7 Å². The van der Waals surface area contributed by atoms with Crippen molar-refractivity contribution in [3.05, 3.63) is 110 Å². The van der Waals surface area contributed by atoms with Crippen molar-refractivity contribution in [2.75, 3.05) is 39.5 Å². The van der Waals surface area contributed by atoms with Gasteiger partial charge in [0.05, 0.1) is 29.6 Å². The number of thioether (sulfide) groups is 1. The summed E-state index contributed by atoms with van der Waals surface area (Å²) in [4.78, 5) is 26.5. The van der Waals surface area contributed by atoms with E-state index in [2.05, 4.69) is 4.90 Å². The molecule has 204 valence electrons. The molecule has 1 saturated heterocycles. The minimum Gasteiger partial charge on any atom is -0.494 e. The zero-order chi connectivity index (χ0) is 27.6. The molecule has 0 aliphatic carbocycles. The Bertz CT molecular complexity index is 1310. The highest BCUT2D eigenvalue weighted by molar-refractivity contribution is 8.03. The molecule has 1 fully saturated rings. The normalized spacial score (nSPS) is 14.3. The Morgan fingerprint density at radius 1 is 1.05 bits per heavy atom. The van der Waals surface area contributed by atoms with Gasteiger partial charge in [-0.3, -0.25) is 19.8 Å². The van der Waals surface area contributed by atoms with Gasteiger partial charge in [-0.25, -0.2) is 4.39 Å². The van der Waals surface area contributed by atoms with Crippen LogP contribution in [-0.4, -0.2) is 55.1 Å². The van der Waals surface area contributed by atoms with Gasteiger partial charge in [-0.2, -0.15) is 4.39 Å². The standard InChI is InChI=1S/C29H28F2N2O5S/c30-24-7-2-21(3-8-24)20-39-28(19-22-4-11-26(31)27(18-22)33(35)36)29(34)23-5-9-25(10-6-23)38-15-1-12-32-13-16-37-17-14-32/h2-11,18-19H,1,12-17,20H2/b28-19+. The molecular weight excluding hydrogens is 526 g/mol. The molecule has 0 atom stereocenters. The van der Waals surface area contributed by atoms with Crippen LogP contribution >= 0.6 is 11.8 Å². The lowest BCUT2D eigenvalue weighted by atomic mass is 10.1. The summed E-state index contributed by atoms with van der Waals surface area (Å²) in [6, 6.07) is 16.2. The van der Waals surface area contributed by atoms with Crippen molar-refractivity contribution < 1.29 is 28.0 Å². The molecule has 1 heterocycles. The van der Waals surface area contributed by atoms with Crippen LogP contribution in [0.1, 0.15) is 27.9 Å². The maximum absolute atomic E-state index is 13.8. The molecule has 1 aliphatic heterocycles. The molecule has 0 N–H and O–H groups in total. The van der Waals surface area contributed by atoms with Crippen LogP contribution in [0.5, 0.6) is 5.75 Å². The molecule has 0 amide bonds. The average Bonchev–Trinajstić information content (AvgIpc) is 2.95. The van der Waals surface area contributed by atoms with Crippen LogP contribution in [0.4, 0.5) is 14.5 Å². The van der Waals surface area contributed by atoms with Crippen molar-refractivity contribution in [3.8, 4) is 5.75 Å². The fraction of sp³-hybridized carbons (Fsp3) is 0.276. The van der Waals surface area contributed by atoms with Gasteiger partial charge in [-0.05, 0) is 66.1 Å².